The minimum atomic E-state index is -0.345. The summed E-state index contributed by atoms with van der Waals surface area (Å²) >= 11 is 15.3. The molecule has 0 aliphatic heterocycles. The lowest BCUT2D eigenvalue weighted by molar-refractivity contribution is 0.460. The van der Waals surface area contributed by atoms with Crippen molar-refractivity contribution >= 4 is 49.9 Å². The first kappa shape index (κ1) is 15.3. The third-order valence-corrected chi connectivity index (χ3v) is 4.53. The van der Waals surface area contributed by atoms with Gasteiger partial charge in [-0.3, -0.25) is 0 Å². The van der Waals surface area contributed by atoms with E-state index in [2.05, 4.69) is 15.9 Å². The topological polar surface area (TPSA) is 60.7 Å². The van der Waals surface area contributed by atoms with E-state index >= 15 is 0 Å². The van der Waals surface area contributed by atoms with Crippen LogP contribution in [0, 0.1) is 0 Å². The van der Waals surface area contributed by atoms with E-state index < -0.39 is 0 Å². The van der Waals surface area contributed by atoms with Crippen molar-refractivity contribution in [2.24, 2.45) is 0 Å². The van der Waals surface area contributed by atoms with Gasteiger partial charge in [0.2, 0.25) is 0 Å². The normalized spacial score (nSPS) is 11.0. The van der Waals surface area contributed by atoms with Gasteiger partial charge in [-0.15, -0.1) is 0 Å². The monoisotopic (exact) mass is 398 g/mol. The second-order valence-corrected chi connectivity index (χ2v) is 6.44. The van der Waals surface area contributed by atoms with Crippen LogP contribution in [0.5, 0.6) is 17.2 Å². The molecule has 3 rings (SSSR count). The van der Waals surface area contributed by atoms with Crippen LogP contribution in [0.15, 0.2) is 40.9 Å². The first-order valence-corrected chi connectivity index (χ1v) is 7.76. The van der Waals surface area contributed by atoms with Gasteiger partial charge in [-0.25, -0.2) is 0 Å². The van der Waals surface area contributed by atoms with Gasteiger partial charge in [0.05, 0.1) is 15.6 Å². The van der Waals surface area contributed by atoms with E-state index in [4.69, 9.17) is 23.2 Å². The van der Waals surface area contributed by atoms with Gasteiger partial charge in [0.15, 0.2) is 5.75 Å². The summed E-state index contributed by atoms with van der Waals surface area (Å²) in [5.74, 6) is -0.636. The highest BCUT2D eigenvalue weighted by molar-refractivity contribution is 9.10. The molecule has 0 bridgehead atoms. The fourth-order valence-electron chi connectivity index (χ4n) is 2.38. The third-order valence-electron chi connectivity index (χ3n) is 3.38. The maximum Gasteiger partial charge on any atom is 0.153 e. The van der Waals surface area contributed by atoms with Crippen LogP contribution in [-0.4, -0.2) is 15.3 Å². The Morgan fingerprint density at radius 2 is 1.50 bits per heavy atom. The molecule has 0 fully saturated rings. The summed E-state index contributed by atoms with van der Waals surface area (Å²) in [7, 11) is 0. The largest absolute Gasteiger partial charge is 0.507 e. The van der Waals surface area contributed by atoms with Gasteiger partial charge in [-0.2, -0.15) is 0 Å². The molecule has 3 nitrogen and oxygen atoms in total. The lowest BCUT2D eigenvalue weighted by Gasteiger charge is -2.14. The number of halogens is 3. The van der Waals surface area contributed by atoms with E-state index in [-0.39, 0.29) is 32.9 Å². The highest BCUT2D eigenvalue weighted by Gasteiger charge is 2.21. The molecule has 0 atom stereocenters. The number of fused-ring (bicyclic) bond motifs is 1. The minimum Gasteiger partial charge on any atom is -0.507 e. The molecule has 6 heteroatoms. The molecule has 0 aliphatic rings. The molecule has 22 heavy (non-hydrogen) atoms. The van der Waals surface area contributed by atoms with Crippen molar-refractivity contribution in [3.63, 3.8) is 0 Å². The third kappa shape index (κ3) is 2.37. The second-order valence-electron chi connectivity index (χ2n) is 4.74. The molecular weight excluding hydrogens is 391 g/mol. The average molecular weight is 400 g/mol. The van der Waals surface area contributed by atoms with Crippen molar-refractivity contribution < 1.29 is 15.3 Å². The Bertz CT molecular complexity index is 905. The molecule has 0 amide bonds. The molecule has 112 valence electrons. The molecule has 0 saturated carbocycles. The highest BCUT2D eigenvalue weighted by Crippen LogP contribution is 2.49. The number of rotatable bonds is 1. The Morgan fingerprint density at radius 3 is 2.23 bits per heavy atom. The van der Waals surface area contributed by atoms with Crippen LogP contribution in [0.2, 0.25) is 10.0 Å². The van der Waals surface area contributed by atoms with E-state index in [1.165, 1.54) is 12.1 Å². The van der Waals surface area contributed by atoms with Gasteiger partial charge in [-0.05, 0) is 29.0 Å². The molecular formula is C16H9BrCl2O3. The smallest absolute Gasteiger partial charge is 0.153 e. The van der Waals surface area contributed by atoms with Crippen LogP contribution in [-0.2, 0) is 0 Å². The molecule has 0 unspecified atom stereocenters. The Morgan fingerprint density at radius 1 is 0.818 bits per heavy atom. The Labute approximate surface area is 144 Å². The summed E-state index contributed by atoms with van der Waals surface area (Å²) in [5, 5.41) is 31.7. The van der Waals surface area contributed by atoms with Gasteiger partial charge < -0.3 is 15.3 Å². The van der Waals surface area contributed by atoms with Crippen LogP contribution in [0.25, 0.3) is 21.9 Å². The molecule has 0 aliphatic carbocycles. The van der Waals surface area contributed by atoms with E-state index in [0.29, 0.717) is 10.9 Å². The highest BCUT2D eigenvalue weighted by atomic mass is 79.9. The minimum absolute atomic E-state index is 0.0628. The first-order valence-electron chi connectivity index (χ1n) is 6.21. The fraction of sp³-hybridized carbons (Fsp3) is 0. The number of hydrogen-bond acceptors (Lipinski definition) is 3. The summed E-state index contributed by atoms with van der Waals surface area (Å²) in [6, 6.07) is 9.97. The van der Waals surface area contributed by atoms with Gasteiger partial charge in [0.1, 0.15) is 11.5 Å². The number of phenols is 3. The van der Waals surface area contributed by atoms with E-state index in [1.807, 2.05) is 12.1 Å². The van der Waals surface area contributed by atoms with Crippen LogP contribution in [0.4, 0.5) is 0 Å². The summed E-state index contributed by atoms with van der Waals surface area (Å²) in [6.07, 6.45) is 0. The number of benzene rings is 3. The zero-order valence-electron chi connectivity index (χ0n) is 10.9. The Hall–Kier alpha value is -1.62. The van der Waals surface area contributed by atoms with Crippen LogP contribution in [0.3, 0.4) is 0 Å². The SMILES string of the molecule is Oc1cc(Cl)c(O)c(Cl)c1-c1c(O)ccc2ccc(Br)cc12. The van der Waals surface area contributed by atoms with Crippen molar-refractivity contribution in [3.05, 3.63) is 50.9 Å². The zero-order chi connectivity index (χ0) is 16.0. The predicted octanol–water partition coefficient (Wildman–Crippen LogP) is 5.69. The average Bonchev–Trinajstić information content (AvgIpc) is 2.47. The van der Waals surface area contributed by atoms with Crippen molar-refractivity contribution in [3.8, 4) is 28.4 Å². The Kier molecular flexibility index (Phi) is 3.85. The molecule has 3 aromatic rings. The first-order chi connectivity index (χ1) is 10.4. The number of phenolic OH excluding ortho intramolecular Hbond substituents is 3. The summed E-state index contributed by atoms with van der Waals surface area (Å²) < 4.78 is 0.806. The summed E-state index contributed by atoms with van der Waals surface area (Å²) in [5.41, 5.74) is 0.457. The second kappa shape index (κ2) is 5.54. The van der Waals surface area contributed by atoms with Gasteiger partial charge in [0.25, 0.3) is 0 Å². The fourth-order valence-corrected chi connectivity index (χ4v) is 3.28. The molecule has 0 aromatic heterocycles. The summed E-state index contributed by atoms with van der Waals surface area (Å²) in [4.78, 5) is 0. The predicted molar refractivity (Wildman–Crippen MR) is 92.1 cm³/mol. The van der Waals surface area contributed by atoms with Crippen LogP contribution >= 0.6 is 39.1 Å². The van der Waals surface area contributed by atoms with Crippen molar-refractivity contribution in [1.82, 2.24) is 0 Å². The molecule has 3 N–H and O–H groups in total. The van der Waals surface area contributed by atoms with E-state index in [1.54, 1.807) is 12.1 Å². The lowest BCUT2D eigenvalue weighted by atomic mass is 9.96. The molecule has 0 heterocycles. The number of aromatic hydroxyl groups is 3. The quantitative estimate of drug-likeness (QED) is 0.460. The van der Waals surface area contributed by atoms with Crippen LogP contribution < -0.4 is 0 Å². The molecule has 3 aromatic carbocycles. The zero-order valence-corrected chi connectivity index (χ0v) is 14.0. The molecule has 0 radical (unpaired) electrons. The number of hydrogen-bond donors (Lipinski definition) is 3. The van der Waals surface area contributed by atoms with Gasteiger partial charge in [0, 0.05) is 16.1 Å². The maximum atomic E-state index is 10.3. The van der Waals surface area contributed by atoms with E-state index in [0.717, 1.165) is 9.86 Å². The van der Waals surface area contributed by atoms with Gasteiger partial charge in [-0.1, -0.05) is 51.3 Å². The standard InChI is InChI=1S/C16H9BrCl2O3/c17-8-3-1-7-2-4-11(20)13(9(7)5-8)14-12(21)6-10(18)16(22)15(14)19/h1-6,20-22H. The molecule has 0 spiro atoms. The van der Waals surface area contributed by atoms with Crippen LogP contribution in [0.1, 0.15) is 0 Å². The van der Waals surface area contributed by atoms with E-state index in [9.17, 15) is 15.3 Å². The van der Waals surface area contributed by atoms with Crippen molar-refractivity contribution in [1.29, 1.82) is 0 Å². The van der Waals surface area contributed by atoms with Gasteiger partial charge >= 0.3 is 0 Å². The lowest BCUT2D eigenvalue weighted by Crippen LogP contribution is -1.87. The maximum absolute atomic E-state index is 10.3. The van der Waals surface area contributed by atoms with Crippen molar-refractivity contribution in [2.45, 2.75) is 0 Å². The van der Waals surface area contributed by atoms with Crippen molar-refractivity contribution in [2.75, 3.05) is 0 Å². The summed E-state index contributed by atoms with van der Waals surface area (Å²) in [6.45, 7) is 0. The molecule has 0 saturated heterocycles. The Balaban J connectivity index is 2.48.